The van der Waals surface area contributed by atoms with Gasteiger partial charge in [0, 0.05) is 31.1 Å². The molecule has 1 fully saturated rings. The first kappa shape index (κ1) is 21.1. The highest BCUT2D eigenvalue weighted by Gasteiger charge is 2.32. The fraction of sp³-hybridized carbons (Fsp3) is 0.333. The smallest absolute Gasteiger partial charge is 0.240 e. The SMILES string of the molecule is CC(=O)c1cccc(S(=O)(=O)NCCC(=O)N(Cc2ccc(F)cc2)C2CC2)c1. The maximum atomic E-state index is 13.1. The Kier molecular flexibility index (Phi) is 6.44. The Hall–Kier alpha value is -2.58. The Bertz CT molecular complexity index is 1000. The molecular formula is C21H23FN2O4S. The van der Waals surface area contributed by atoms with E-state index in [9.17, 15) is 22.4 Å². The normalized spacial score (nSPS) is 13.9. The van der Waals surface area contributed by atoms with Gasteiger partial charge in [-0.25, -0.2) is 17.5 Å². The molecule has 1 N–H and O–H groups in total. The van der Waals surface area contributed by atoms with Crippen LogP contribution in [-0.2, 0) is 21.4 Å². The standard InChI is InChI=1S/C21H23FN2O4S/c1-15(25)17-3-2-4-20(13-17)29(27,28)23-12-11-21(26)24(19-9-10-19)14-16-5-7-18(22)8-6-16/h2-8,13,19,23H,9-12,14H2,1H3. The van der Waals surface area contributed by atoms with Gasteiger partial charge in [0.25, 0.3) is 0 Å². The lowest BCUT2D eigenvalue weighted by Gasteiger charge is -2.23. The van der Waals surface area contributed by atoms with Gasteiger partial charge < -0.3 is 4.90 Å². The lowest BCUT2D eigenvalue weighted by atomic mass is 10.2. The van der Waals surface area contributed by atoms with Crippen LogP contribution in [0.15, 0.2) is 53.4 Å². The number of amides is 1. The van der Waals surface area contributed by atoms with Crippen molar-refractivity contribution >= 4 is 21.7 Å². The van der Waals surface area contributed by atoms with E-state index < -0.39 is 10.0 Å². The molecule has 0 radical (unpaired) electrons. The summed E-state index contributed by atoms with van der Waals surface area (Å²) >= 11 is 0. The number of ketones is 1. The van der Waals surface area contributed by atoms with Crippen LogP contribution >= 0.6 is 0 Å². The van der Waals surface area contributed by atoms with E-state index in [1.54, 1.807) is 23.1 Å². The summed E-state index contributed by atoms with van der Waals surface area (Å²) in [6.07, 6.45) is 1.84. The third kappa shape index (κ3) is 5.71. The van der Waals surface area contributed by atoms with Crippen LogP contribution in [-0.4, -0.2) is 37.6 Å². The lowest BCUT2D eigenvalue weighted by molar-refractivity contribution is -0.132. The van der Waals surface area contributed by atoms with Crippen molar-refractivity contribution in [3.8, 4) is 0 Å². The van der Waals surface area contributed by atoms with Crippen LogP contribution in [0.1, 0.15) is 42.1 Å². The summed E-state index contributed by atoms with van der Waals surface area (Å²) in [6, 6.07) is 11.9. The quantitative estimate of drug-likeness (QED) is 0.635. The summed E-state index contributed by atoms with van der Waals surface area (Å²) in [5.74, 6) is -0.712. The number of rotatable bonds is 9. The summed E-state index contributed by atoms with van der Waals surface area (Å²) < 4.78 is 40.4. The molecule has 1 aliphatic carbocycles. The van der Waals surface area contributed by atoms with Crippen molar-refractivity contribution in [3.63, 3.8) is 0 Å². The fourth-order valence-electron chi connectivity index (χ4n) is 3.00. The van der Waals surface area contributed by atoms with Crippen molar-refractivity contribution in [3.05, 3.63) is 65.5 Å². The number of halogens is 1. The minimum Gasteiger partial charge on any atom is -0.335 e. The van der Waals surface area contributed by atoms with Crippen LogP contribution in [0.3, 0.4) is 0 Å². The summed E-state index contributed by atoms with van der Waals surface area (Å²) in [5.41, 5.74) is 1.14. The molecule has 0 heterocycles. The summed E-state index contributed by atoms with van der Waals surface area (Å²) in [6.45, 7) is 1.70. The molecule has 3 rings (SSSR count). The Morgan fingerprint density at radius 2 is 1.83 bits per heavy atom. The maximum Gasteiger partial charge on any atom is 0.240 e. The molecule has 8 heteroatoms. The molecule has 2 aromatic carbocycles. The van der Waals surface area contributed by atoms with Crippen LogP contribution in [0, 0.1) is 5.82 Å². The van der Waals surface area contributed by atoms with E-state index in [1.165, 1.54) is 37.3 Å². The number of hydrogen-bond donors (Lipinski definition) is 1. The van der Waals surface area contributed by atoms with Gasteiger partial charge in [-0.2, -0.15) is 0 Å². The third-order valence-corrected chi connectivity index (χ3v) is 6.21. The molecule has 1 aliphatic rings. The molecule has 0 saturated heterocycles. The van der Waals surface area contributed by atoms with Crippen molar-refractivity contribution in [1.29, 1.82) is 0 Å². The van der Waals surface area contributed by atoms with Gasteiger partial charge in [0.15, 0.2) is 5.78 Å². The Balaban J connectivity index is 1.59. The van der Waals surface area contributed by atoms with E-state index >= 15 is 0 Å². The highest BCUT2D eigenvalue weighted by molar-refractivity contribution is 7.89. The molecule has 6 nitrogen and oxygen atoms in total. The van der Waals surface area contributed by atoms with Crippen LogP contribution < -0.4 is 4.72 Å². The van der Waals surface area contributed by atoms with Crippen molar-refractivity contribution < 1.29 is 22.4 Å². The van der Waals surface area contributed by atoms with E-state index in [1.807, 2.05) is 0 Å². The summed E-state index contributed by atoms with van der Waals surface area (Å²) in [5, 5.41) is 0. The molecule has 0 atom stereocenters. The van der Waals surface area contributed by atoms with Crippen LogP contribution in [0.5, 0.6) is 0 Å². The molecule has 1 amide bonds. The van der Waals surface area contributed by atoms with E-state index in [2.05, 4.69) is 4.72 Å². The number of benzene rings is 2. The van der Waals surface area contributed by atoms with Crippen molar-refractivity contribution in [2.45, 2.75) is 43.7 Å². The monoisotopic (exact) mass is 418 g/mol. The Morgan fingerprint density at radius 3 is 2.45 bits per heavy atom. The van der Waals surface area contributed by atoms with E-state index in [4.69, 9.17) is 0 Å². The second kappa shape index (κ2) is 8.84. The van der Waals surface area contributed by atoms with Gasteiger partial charge in [-0.3, -0.25) is 9.59 Å². The van der Waals surface area contributed by atoms with Crippen molar-refractivity contribution in [2.24, 2.45) is 0 Å². The second-order valence-corrected chi connectivity index (χ2v) is 8.88. The largest absolute Gasteiger partial charge is 0.335 e. The number of sulfonamides is 1. The minimum atomic E-state index is -3.82. The molecule has 154 valence electrons. The van der Waals surface area contributed by atoms with E-state index in [0.717, 1.165) is 18.4 Å². The molecule has 2 aromatic rings. The molecule has 0 bridgehead atoms. The number of carbonyl (C=O) groups excluding carboxylic acids is 2. The fourth-order valence-corrected chi connectivity index (χ4v) is 4.07. The molecule has 0 aliphatic heterocycles. The first-order valence-corrected chi connectivity index (χ1v) is 10.9. The maximum absolute atomic E-state index is 13.1. The first-order valence-electron chi connectivity index (χ1n) is 9.41. The number of nitrogens with one attached hydrogen (secondary N) is 1. The molecule has 0 aromatic heterocycles. The Morgan fingerprint density at radius 1 is 1.14 bits per heavy atom. The van der Waals surface area contributed by atoms with Crippen LogP contribution in [0.25, 0.3) is 0 Å². The van der Waals surface area contributed by atoms with E-state index in [0.29, 0.717) is 12.1 Å². The Labute approximate surface area is 169 Å². The number of nitrogens with zero attached hydrogens (tertiary/aromatic N) is 1. The number of Topliss-reactive ketones (excluding diaryl/α,β-unsaturated/α-hetero) is 1. The number of carbonyl (C=O) groups is 2. The van der Waals surface area contributed by atoms with Crippen molar-refractivity contribution in [1.82, 2.24) is 9.62 Å². The average molecular weight is 418 g/mol. The molecule has 0 unspecified atom stereocenters. The van der Waals surface area contributed by atoms with Crippen molar-refractivity contribution in [2.75, 3.05) is 6.54 Å². The highest BCUT2D eigenvalue weighted by atomic mass is 32.2. The van der Waals surface area contributed by atoms with Crippen LogP contribution in [0.2, 0.25) is 0 Å². The zero-order chi connectivity index (χ0) is 21.0. The zero-order valence-electron chi connectivity index (χ0n) is 16.1. The van der Waals surface area contributed by atoms with Gasteiger partial charge in [0.2, 0.25) is 15.9 Å². The predicted molar refractivity (Wildman–Crippen MR) is 106 cm³/mol. The van der Waals surface area contributed by atoms with Gasteiger partial charge in [-0.1, -0.05) is 24.3 Å². The molecule has 29 heavy (non-hydrogen) atoms. The third-order valence-electron chi connectivity index (χ3n) is 4.76. The van der Waals surface area contributed by atoms with Gasteiger partial charge in [-0.05, 0) is 49.6 Å². The minimum absolute atomic E-state index is 0.0111. The summed E-state index contributed by atoms with van der Waals surface area (Å²) in [7, 11) is -3.82. The second-order valence-electron chi connectivity index (χ2n) is 7.11. The molecule has 1 saturated carbocycles. The molecular weight excluding hydrogens is 395 g/mol. The predicted octanol–water partition coefficient (Wildman–Crippen LogP) is 2.89. The highest BCUT2D eigenvalue weighted by Crippen LogP contribution is 2.29. The van der Waals surface area contributed by atoms with E-state index in [-0.39, 0.29) is 41.4 Å². The van der Waals surface area contributed by atoms with Gasteiger partial charge in [0.1, 0.15) is 5.82 Å². The number of hydrogen-bond acceptors (Lipinski definition) is 4. The van der Waals surface area contributed by atoms with Gasteiger partial charge in [0.05, 0.1) is 4.90 Å². The first-order chi connectivity index (χ1) is 13.8. The van der Waals surface area contributed by atoms with Crippen LogP contribution in [0.4, 0.5) is 4.39 Å². The molecule has 0 spiro atoms. The topological polar surface area (TPSA) is 83.5 Å². The zero-order valence-corrected chi connectivity index (χ0v) is 16.9. The summed E-state index contributed by atoms with van der Waals surface area (Å²) in [4.78, 5) is 25.8. The van der Waals surface area contributed by atoms with Gasteiger partial charge in [-0.15, -0.1) is 0 Å². The lowest BCUT2D eigenvalue weighted by Crippen LogP contribution is -2.35. The average Bonchev–Trinajstić information content (AvgIpc) is 3.52. The van der Waals surface area contributed by atoms with Gasteiger partial charge >= 0.3 is 0 Å².